The summed E-state index contributed by atoms with van der Waals surface area (Å²) in [5, 5.41) is 0.989. The normalized spacial score (nSPS) is 20.2. The summed E-state index contributed by atoms with van der Waals surface area (Å²) < 4.78 is 6.15. The molecule has 1 saturated heterocycles. The van der Waals surface area contributed by atoms with Crippen molar-refractivity contribution in [2.45, 2.75) is 19.0 Å². The lowest BCUT2D eigenvalue weighted by Crippen LogP contribution is -2.26. The second-order valence-electron chi connectivity index (χ2n) is 5.02. The molecule has 5 heteroatoms. The largest absolute Gasteiger partial charge is 0.423 e. The Hall–Kier alpha value is -1.17. The van der Waals surface area contributed by atoms with Crippen LogP contribution in [0.3, 0.4) is 0 Å². The molecule has 0 saturated carbocycles. The maximum Gasteiger partial charge on any atom is 0.336 e. The van der Waals surface area contributed by atoms with Gasteiger partial charge < -0.3 is 10.2 Å². The SMILES string of the molecule is N[C@@H]1CCN(Cc2cc(=O)oc3cc(Br)ccc23)C1. The number of hydrogen-bond donors (Lipinski definition) is 1. The van der Waals surface area contributed by atoms with E-state index in [1.165, 1.54) is 0 Å². The Kier molecular flexibility index (Phi) is 3.43. The van der Waals surface area contributed by atoms with E-state index in [1.54, 1.807) is 6.07 Å². The monoisotopic (exact) mass is 322 g/mol. The lowest BCUT2D eigenvalue weighted by atomic mass is 10.1. The van der Waals surface area contributed by atoms with Crippen molar-refractivity contribution in [1.82, 2.24) is 4.90 Å². The Bertz CT molecular complexity index is 668. The molecule has 100 valence electrons. The molecule has 2 N–H and O–H groups in total. The zero-order valence-electron chi connectivity index (χ0n) is 10.4. The predicted molar refractivity (Wildman–Crippen MR) is 78.1 cm³/mol. The topological polar surface area (TPSA) is 59.5 Å². The summed E-state index contributed by atoms with van der Waals surface area (Å²) >= 11 is 3.39. The molecule has 19 heavy (non-hydrogen) atoms. The number of halogens is 1. The van der Waals surface area contributed by atoms with Crippen molar-refractivity contribution in [1.29, 1.82) is 0 Å². The maximum atomic E-state index is 11.6. The van der Waals surface area contributed by atoms with E-state index in [0.717, 1.165) is 41.5 Å². The number of fused-ring (bicyclic) bond motifs is 1. The molecule has 1 atom stereocenters. The smallest absolute Gasteiger partial charge is 0.336 e. The maximum absolute atomic E-state index is 11.6. The van der Waals surface area contributed by atoms with Crippen molar-refractivity contribution in [2.24, 2.45) is 5.73 Å². The molecule has 1 aliphatic rings. The van der Waals surface area contributed by atoms with Gasteiger partial charge in [-0.2, -0.15) is 0 Å². The second-order valence-corrected chi connectivity index (χ2v) is 5.93. The highest BCUT2D eigenvalue weighted by atomic mass is 79.9. The summed E-state index contributed by atoms with van der Waals surface area (Å²) in [6, 6.07) is 7.60. The van der Waals surface area contributed by atoms with Gasteiger partial charge in [0.1, 0.15) is 5.58 Å². The van der Waals surface area contributed by atoms with Gasteiger partial charge in [-0.05, 0) is 30.2 Å². The van der Waals surface area contributed by atoms with Crippen LogP contribution in [0.1, 0.15) is 12.0 Å². The van der Waals surface area contributed by atoms with E-state index in [-0.39, 0.29) is 11.7 Å². The van der Waals surface area contributed by atoms with Crippen molar-refractivity contribution in [3.8, 4) is 0 Å². The van der Waals surface area contributed by atoms with Crippen LogP contribution >= 0.6 is 15.9 Å². The second kappa shape index (κ2) is 5.07. The molecular formula is C14H15BrN2O2. The number of nitrogens with zero attached hydrogens (tertiary/aromatic N) is 1. The Balaban J connectivity index is 2.00. The molecule has 1 aromatic heterocycles. The molecule has 0 spiro atoms. The number of likely N-dealkylation sites (tertiary alicyclic amines) is 1. The minimum atomic E-state index is -0.302. The Morgan fingerprint density at radius 2 is 2.26 bits per heavy atom. The zero-order chi connectivity index (χ0) is 13.4. The minimum absolute atomic E-state index is 0.250. The molecule has 3 rings (SSSR count). The molecule has 1 fully saturated rings. The first-order valence-corrected chi connectivity index (χ1v) is 7.11. The van der Waals surface area contributed by atoms with Gasteiger partial charge in [-0.15, -0.1) is 0 Å². The van der Waals surface area contributed by atoms with Crippen molar-refractivity contribution < 1.29 is 4.42 Å². The van der Waals surface area contributed by atoms with Crippen LogP contribution in [-0.4, -0.2) is 24.0 Å². The van der Waals surface area contributed by atoms with Crippen molar-refractivity contribution in [3.05, 3.63) is 44.7 Å². The number of benzene rings is 1. The third-order valence-electron chi connectivity index (χ3n) is 3.50. The van der Waals surface area contributed by atoms with E-state index >= 15 is 0 Å². The molecular weight excluding hydrogens is 308 g/mol. The molecule has 0 amide bonds. The summed E-state index contributed by atoms with van der Waals surface area (Å²) in [5.74, 6) is 0. The van der Waals surface area contributed by atoms with Crippen molar-refractivity contribution in [2.75, 3.05) is 13.1 Å². The van der Waals surface area contributed by atoms with Gasteiger partial charge in [-0.25, -0.2) is 4.79 Å². The highest BCUT2D eigenvalue weighted by Crippen LogP contribution is 2.23. The first kappa shape index (κ1) is 12.8. The van der Waals surface area contributed by atoms with Gasteiger partial charge in [0.15, 0.2) is 0 Å². The van der Waals surface area contributed by atoms with E-state index in [9.17, 15) is 4.79 Å². The number of rotatable bonds is 2. The van der Waals surface area contributed by atoms with Gasteiger partial charge in [0.2, 0.25) is 0 Å². The Labute approximate surface area is 119 Å². The molecule has 2 aromatic rings. The van der Waals surface area contributed by atoms with E-state index in [2.05, 4.69) is 20.8 Å². The van der Waals surface area contributed by atoms with Gasteiger partial charge >= 0.3 is 5.63 Å². The highest BCUT2D eigenvalue weighted by molar-refractivity contribution is 9.10. The standard InChI is InChI=1S/C14H15BrN2O2/c15-10-1-2-12-9(5-14(18)19-13(12)6-10)7-17-4-3-11(16)8-17/h1-2,5-6,11H,3-4,7-8,16H2/t11-/m1/s1. The average molecular weight is 323 g/mol. The van der Waals surface area contributed by atoms with Gasteiger partial charge in [0.25, 0.3) is 0 Å². The van der Waals surface area contributed by atoms with Crippen LogP contribution in [0.25, 0.3) is 11.0 Å². The third-order valence-corrected chi connectivity index (χ3v) is 3.99. The van der Waals surface area contributed by atoms with Gasteiger partial charge in [0.05, 0.1) is 0 Å². The fourth-order valence-electron chi connectivity index (χ4n) is 2.58. The lowest BCUT2D eigenvalue weighted by molar-refractivity contribution is 0.327. The Morgan fingerprint density at radius 1 is 1.42 bits per heavy atom. The first-order valence-electron chi connectivity index (χ1n) is 6.32. The van der Waals surface area contributed by atoms with E-state index < -0.39 is 0 Å². The van der Waals surface area contributed by atoms with Gasteiger partial charge in [-0.1, -0.05) is 15.9 Å². The van der Waals surface area contributed by atoms with Crippen LogP contribution in [0.4, 0.5) is 0 Å². The zero-order valence-corrected chi connectivity index (χ0v) is 12.0. The summed E-state index contributed by atoms with van der Waals surface area (Å²) in [6.07, 6.45) is 1.02. The molecule has 0 unspecified atom stereocenters. The molecule has 0 bridgehead atoms. The van der Waals surface area contributed by atoms with Crippen LogP contribution in [0.15, 0.2) is 37.9 Å². The highest BCUT2D eigenvalue weighted by Gasteiger charge is 2.20. The lowest BCUT2D eigenvalue weighted by Gasteiger charge is -2.16. The average Bonchev–Trinajstić information content (AvgIpc) is 2.74. The van der Waals surface area contributed by atoms with E-state index in [0.29, 0.717) is 5.58 Å². The fraction of sp³-hybridized carbons (Fsp3) is 0.357. The number of nitrogens with two attached hydrogens (primary N) is 1. The molecule has 0 radical (unpaired) electrons. The first-order chi connectivity index (χ1) is 9.11. The minimum Gasteiger partial charge on any atom is -0.423 e. The molecule has 4 nitrogen and oxygen atoms in total. The molecule has 0 aliphatic carbocycles. The summed E-state index contributed by atoms with van der Waals surface area (Å²) in [6.45, 7) is 2.62. The third kappa shape index (κ3) is 2.73. The number of hydrogen-bond acceptors (Lipinski definition) is 4. The van der Waals surface area contributed by atoms with Gasteiger partial charge in [0, 0.05) is 41.6 Å². The fourth-order valence-corrected chi connectivity index (χ4v) is 2.92. The summed E-state index contributed by atoms with van der Waals surface area (Å²) in [5.41, 5.74) is 7.24. The van der Waals surface area contributed by atoms with Crippen LogP contribution < -0.4 is 11.4 Å². The molecule has 1 aromatic carbocycles. The molecule has 1 aliphatic heterocycles. The van der Waals surface area contributed by atoms with E-state index in [1.807, 2.05) is 18.2 Å². The Morgan fingerprint density at radius 3 is 3.00 bits per heavy atom. The predicted octanol–water partition coefficient (Wildman–Crippen LogP) is 2.09. The quantitative estimate of drug-likeness (QED) is 0.860. The van der Waals surface area contributed by atoms with Crippen LogP contribution in [0.5, 0.6) is 0 Å². The summed E-state index contributed by atoms with van der Waals surface area (Å²) in [7, 11) is 0. The van der Waals surface area contributed by atoms with Gasteiger partial charge in [-0.3, -0.25) is 4.90 Å². The van der Waals surface area contributed by atoms with E-state index in [4.69, 9.17) is 10.2 Å². The van der Waals surface area contributed by atoms with Crippen LogP contribution in [0, 0.1) is 0 Å². The van der Waals surface area contributed by atoms with Crippen molar-refractivity contribution >= 4 is 26.9 Å². The van der Waals surface area contributed by atoms with Crippen LogP contribution in [-0.2, 0) is 6.54 Å². The van der Waals surface area contributed by atoms with Crippen LogP contribution in [0.2, 0.25) is 0 Å². The van der Waals surface area contributed by atoms with Crippen molar-refractivity contribution in [3.63, 3.8) is 0 Å². The summed E-state index contributed by atoms with van der Waals surface area (Å²) in [4.78, 5) is 13.9. The molecule has 2 heterocycles.